The van der Waals surface area contributed by atoms with E-state index in [0.29, 0.717) is 30.2 Å². The van der Waals surface area contributed by atoms with Crippen molar-refractivity contribution in [3.8, 4) is 11.5 Å². The Balaban J connectivity index is 1.51. The minimum absolute atomic E-state index is 0.0241. The summed E-state index contributed by atoms with van der Waals surface area (Å²) in [5.74, 6) is 1.43. The number of pyridine rings is 1. The lowest BCUT2D eigenvalue weighted by molar-refractivity contribution is 0.0170. The number of amides is 1. The molecular formula is C22H22N2O3. The summed E-state index contributed by atoms with van der Waals surface area (Å²) in [4.78, 5) is 19.5. The van der Waals surface area contributed by atoms with Crippen molar-refractivity contribution < 1.29 is 14.3 Å². The smallest absolute Gasteiger partial charge is 0.254 e. The van der Waals surface area contributed by atoms with Crippen molar-refractivity contribution >= 4 is 16.8 Å². The molecule has 0 saturated carbocycles. The van der Waals surface area contributed by atoms with E-state index in [9.17, 15) is 4.79 Å². The van der Waals surface area contributed by atoms with Crippen LogP contribution in [-0.2, 0) is 0 Å². The minimum atomic E-state index is -0.0267. The molecule has 1 fully saturated rings. The topological polar surface area (TPSA) is 51.7 Å². The minimum Gasteiger partial charge on any atom is -0.493 e. The average Bonchev–Trinajstić information content (AvgIpc) is 2.64. The quantitative estimate of drug-likeness (QED) is 0.709. The zero-order chi connectivity index (χ0) is 19.0. The Morgan fingerprint density at radius 1 is 1.07 bits per heavy atom. The molecule has 1 aromatic heterocycles. The molecule has 0 bridgehead atoms. The monoisotopic (exact) mass is 362 g/mol. The fourth-order valence-electron chi connectivity index (χ4n) is 3.44. The number of ether oxygens (including phenoxy) is 2. The van der Waals surface area contributed by atoms with Gasteiger partial charge in [0.1, 0.15) is 6.10 Å². The summed E-state index contributed by atoms with van der Waals surface area (Å²) in [5.41, 5.74) is 3.52. The average molecular weight is 362 g/mol. The largest absolute Gasteiger partial charge is 0.493 e. The first-order valence-corrected chi connectivity index (χ1v) is 9.02. The van der Waals surface area contributed by atoms with Crippen LogP contribution in [-0.4, -0.2) is 42.1 Å². The number of aromatic nitrogens is 1. The number of likely N-dealkylation sites (tertiary alicyclic amines) is 1. The second-order valence-electron chi connectivity index (χ2n) is 6.88. The molecule has 0 spiro atoms. The standard InChI is InChI=1S/C22H22N2O3/c1-14-7-6-8-17-18(11-15(2)23-21(14)17)22(25)24-12-16(13-24)27-20-10-5-4-9-19(20)26-3/h4-11,16H,12-13H2,1-3H3. The van der Waals surface area contributed by atoms with Crippen LogP contribution in [0.25, 0.3) is 10.9 Å². The van der Waals surface area contributed by atoms with E-state index < -0.39 is 0 Å². The van der Waals surface area contributed by atoms with Crippen molar-refractivity contribution in [3.05, 3.63) is 65.4 Å². The maximum atomic E-state index is 13.0. The van der Waals surface area contributed by atoms with E-state index in [0.717, 1.165) is 22.2 Å². The van der Waals surface area contributed by atoms with E-state index in [1.165, 1.54) is 0 Å². The molecule has 27 heavy (non-hydrogen) atoms. The van der Waals surface area contributed by atoms with Gasteiger partial charge in [-0.2, -0.15) is 0 Å². The van der Waals surface area contributed by atoms with Crippen LogP contribution in [0.4, 0.5) is 0 Å². The third kappa shape index (κ3) is 3.21. The molecule has 4 rings (SSSR count). The van der Waals surface area contributed by atoms with Gasteiger partial charge in [0.2, 0.25) is 0 Å². The Morgan fingerprint density at radius 3 is 2.56 bits per heavy atom. The lowest BCUT2D eigenvalue weighted by Gasteiger charge is -2.39. The summed E-state index contributed by atoms with van der Waals surface area (Å²) >= 11 is 0. The number of hydrogen-bond donors (Lipinski definition) is 0. The van der Waals surface area contributed by atoms with Gasteiger partial charge in [0.05, 0.1) is 31.3 Å². The number of hydrogen-bond acceptors (Lipinski definition) is 4. The second-order valence-corrected chi connectivity index (χ2v) is 6.88. The van der Waals surface area contributed by atoms with Crippen LogP contribution in [0.15, 0.2) is 48.5 Å². The molecule has 1 aliphatic heterocycles. The molecular weight excluding hydrogens is 340 g/mol. The first-order chi connectivity index (χ1) is 13.1. The van der Waals surface area contributed by atoms with Crippen LogP contribution < -0.4 is 9.47 Å². The lowest BCUT2D eigenvalue weighted by atomic mass is 10.0. The number of para-hydroxylation sites is 3. The van der Waals surface area contributed by atoms with Gasteiger partial charge in [0.25, 0.3) is 5.91 Å². The Kier molecular flexibility index (Phi) is 4.44. The number of aryl methyl sites for hydroxylation is 2. The number of carbonyl (C=O) groups is 1. The first-order valence-electron chi connectivity index (χ1n) is 9.02. The van der Waals surface area contributed by atoms with Gasteiger partial charge in [-0.25, -0.2) is 0 Å². The molecule has 0 radical (unpaired) electrons. The first kappa shape index (κ1) is 17.3. The van der Waals surface area contributed by atoms with Gasteiger partial charge in [0.15, 0.2) is 11.5 Å². The molecule has 0 atom stereocenters. The Hall–Kier alpha value is -3.08. The number of benzene rings is 2. The summed E-state index contributed by atoms with van der Waals surface area (Å²) in [6.45, 7) is 5.06. The van der Waals surface area contributed by atoms with E-state index in [1.807, 2.05) is 67.3 Å². The van der Waals surface area contributed by atoms with Crippen molar-refractivity contribution in [1.82, 2.24) is 9.88 Å². The summed E-state index contributed by atoms with van der Waals surface area (Å²) in [6, 6.07) is 15.4. The Morgan fingerprint density at radius 2 is 1.81 bits per heavy atom. The molecule has 0 N–H and O–H groups in total. The molecule has 0 aliphatic carbocycles. The zero-order valence-electron chi connectivity index (χ0n) is 15.7. The van der Waals surface area contributed by atoms with E-state index in [4.69, 9.17) is 9.47 Å². The molecule has 1 aliphatic rings. The van der Waals surface area contributed by atoms with E-state index in [2.05, 4.69) is 4.98 Å². The van der Waals surface area contributed by atoms with E-state index in [1.54, 1.807) is 7.11 Å². The predicted molar refractivity (Wildman–Crippen MR) is 105 cm³/mol. The molecule has 2 aromatic carbocycles. The molecule has 138 valence electrons. The van der Waals surface area contributed by atoms with E-state index >= 15 is 0 Å². The molecule has 5 nitrogen and oxygen atoms in total. The third-order valence-electron chi connectivity index (χ3n) is 4.90. The number of rotatable bonds is 4. The second kappa shape index (κ2) is 6.91. The number of nitrogens with zero attached hydrogens (tertiary/aromatic N) is 2. The van der Waals surface area contributed by atoms with Gasteiger partial charge >= 0.3 is 0 Å². The van der Waals surface area contributed by atoms with Gasteiger partial charge in [-0.1, -0.05) is 30.3 Å². The molecule has 1 amide bonds. The number of methoxy groups -OCH3 is 1. The summed E-state index contributed by atoms with van der Waals surface area (Å²) in [6.07, 6.45) is -0.0267. The summed E-state index contributed by atoms with van der Waals surface area (Å²) in [7, 11) is 1.62. The SMILES string of the molecule is COc1ccccc1OC1CN(C(=O)c2cc(C)nc3c(C)cccc23)C1. The van der Waals surface area contributed by atoms with Crippen molar-refractivity contribution in [2.75, 3.05) is 20.2 Å². The highest BCUT2D eigenvalue weighted by atomic mass is 16.5. The fourth-order valence-corrected chi connectivity index (χ4v) is 3.44. The maximum Gasteiger partial charge on any atom is 0.254 e. The predicted octanol–water partition coefficient (Wildman–Crippen LogP) is 3.76. The van der Waals surface area contributed by atoms with Crippen LogP contribution in [0.2, 0.25) is 0 Å². The van der Waals surface area contributed by atoms with Gasteiger partial charge in [-0.3, -0.25) is 9.78 Å². The normalized spacial score (nSPS) is 14.1. The summed E-state index contributed by atoms with van der Waals surface area (Å²) in [5, 5.41) is 0.902. The Labute approximate surface area is 158 Å². The fraction of sp³-hybridized carbons (Fsp3) is 0.273. The van der Waals surface area contributed by atoms with E-state index in [-0.39, 0.29) is 12.0 Å². The maximum absolute atomic E-state index is 13.0. The molecule has 0 unspecified atom stereocenters. The van der Waals surface area contributed by atoms with Crippen LogP contribution in [0.5, 0.6) is 11.5 Å². The van der Waals surface area contributed by atoms with Gasteiger partial charge in [0, 0.05) is 11.1 Å². The molecule has 3 aromatic rings. The highest BCUT2D eigenvalue weighted by Crippen LogP contribution is 2.30. The van der Waals surface area contributed by atoms with Crippen LogP contribution in [0, 0.1) is 13.8 Å². The van der Waals surface area contributed by atoms with Crippen LogP contribution in [0.1, 0.15) is 21.6 Å². The van der Waals surface area contributed by atoms with Crippen molar-refractivity contribution in [3.63, 3.8) is 0 Å². The molecule has 5 heteroatoms. The molecule has 2 heterocycles. The Bertz CT molecular complexity index is 1010. The van der Waals surface area contributed by atoms with Gasteiger partial charge in [-0.15, -0.1) is 0 Å². The zero-order valence-corrected chi connectivity index (χ0v) is 15.7. The number of carbonyl (C=O) groups excluding carboxylic acids is 1. The lowest BCUT2D eigenvalue weighted by Crippen LogP contribution is -2.56. The highest BCUT2D eigenvalue weighted by Gasteiger charge is 2.34. The summed E-state index contributed by atoms with van der Waals surface area (Å²) < 4.78 is 11.3. The van der Waals surface area contributed by atoms with Crippen molar-refractivity contribution in [2.24, 2.45) is 0 Å². The van der Waals surface area contributed by atoms with Gasteiger partial charge in [-0.05, 0) is 37.6 Å². The van der Waals surface area contributed by atoms with Crippen molar-refractivity contribution in [1.29, 1.82) is 0 Å². The highest BCUT2D eigenvalue weighted by molar-refractivity contribution is 6.07. The van der Waals surface area contributed by atoms with Gasteiger partial charge < -0.3 is 14.4 Å². The van der Waals surface area contributed by atoms with Crippen LogP contribution >= 0.6 is 0 Å². The van der Waals surface area contributed by atoms with Crippen LogP contribution in [0.3, 0.4) is 0 Å². The third-order valence-corrected chi connectivity index (χ3v) is 4.90. The molecule has 1 saturated heterocycles. The number of fused-ring (bicyclic) bond motifs is 1. The van der Waals surface area contributed by atoms with Crippen molar-refractivity contribution in [2.45, 2.75) is 20.0 Å².